The molecule has 0 atom stereocenters. The minimum absolute atomic E-state index is 0.0930. The number of hydrogen-bond donors (Lipinski definition) is 1. The first kappa shape index (κ1) is 11.4. The van der Waals surface area contributed by atoms with Gasteiger partial charge in [-0.25, -0.2) is 0 Å². The molecule has 0 amide bonds. The lowest BCUT2D eigenvalue weighted by Crippen LogP contribution is -2.51. The van der Waals surface area contributed by atoms with Gasteiger partial charge in [0, 0.05) is 6.54 Å². The lowest BCUT2D eigenvalue weighted by Gasteiger charge is -2.43. The fourth-order valence-corrected chi connectivity index (χ4v) is 2.58. The Labute approximate surface area is 92.5 Å². The van der Waals surface area contributed by atoms with Crippen LogP contribution in [0.2, 0.25) is 0 Å². The van der Waals surface area contributed by atoms with Crippen molar-refractivity contribution in [3.05, 3.63) is 0 Å². The Hall–Kier alpha value is -0.120. The van der Waals surface area contributed by atoms with Crippen LogP contribution in [0.15, 0.2) is 0 Å². The summed E-state index contributed by atoms with van der Waals surface area (Å²) >= 11 is 0. The van der Waals surface area contributed by atoms with Crippen LogP contribution in [0.3, 0.4) is 0 Å². The molecule has 3 nitrogen and oxygen atoms in total. The van der Waals surface area contributed by atoms with E-state index in [2.05, 4.69) is 12.2 Å². The Morgan fingerprint density at radius 2 is 2.00 bits per heavy atom. The zero-order valence-corrected chi connectivity index (χ0v) is 9.92. The summed E-state index contributed by atoms with van der Waals surface area (Å²) in [4.78, 5) is 0. The first-order chi connectivity index (χ1) is 7.24. The third kappa shape index (κ3) is 2.71. The monoisotopic (exact) mass is 213 g/mol. The second kappa shape index (κ2) is 4.81. The quantitative estimate of drug-likeness (QED) is 0.769. The highest BCUT2D eigenvalue weighted by atomic mass is 16.6. The van der Waals surface area contributed by atoms with Crippen LogP contribution in [0, 0.1) is 5.92 Å². The van der Waals surface area contributed by atoms with E-state index >= 15 is 0 Å². The molecule has 2 rings (SSSR count). The molecule has 3 heteroatoms. The molecule has 1 saturated carbocycles. The average Bonchev–Trinajstić information content (AvgIpc) is 2.17. The topological polar surface area (TPSA) is 30.5 Å². The van der Waals surface area contributed by atoms with Crippen LogP contribution < -0.4 is 5.32 Å². The van der Waals surface area contributed by atoms with Gasteiger partial charge >= 0.3 is 0 Å². The minimum atomic E-state index is 0.0930. The molecule has 1 N–H and O–H groups in total. The zero-order valence-electron chi connectivity index (χ0n) is 9.92. The SMILES string of the molecule is CNCC1(OC2COC2)CCC(C)CC1. The van der Waals surface area contributed by atoms with E-state index in [9.17, 15) is 0 Å². The van der Waals surface area contributed by atoms with Gasteiger partial charge < -0.3 is 14.8 Å². The maximum atomic E-state index is 6.22. The summed E-state index contributed by atoms with van der Waals surface area (Å²) in [5, 5.41) is 3.28. The molecule has 2 fully saturated rings. The minimum Gasteiger partial charge on any atom is -0.376 e. The van der Waals surface area contributed by atoms with Crippen LogP contribution in [0.5, 0.6) is 0 Å². The largest absolute Gasteiger partial charge is 0.376 e. The van der Waals surface area contributed by atoms with Crippen LogP contribution in [0.4, 0.5) is 0 Å². The van der Waals surface area contributed by atoms with E-state index in [0.717, 1.165) is 25.7 Å². The third-order valence-electron chi connectivity index (χ3n) is 3.71. The van der Waals surface area contributed by atoms with Gasteiger partial charge in [-0.3, -0.25) is 0 Å². The fraction of sp³-hybridized carbons (Fsp3) is 1.00. The normalized spacial score (nSPS) is 37.6. The van der Waals surface area contributed by atoms with Crippen LogP contribution in [0.25, 0.3) is 0 Å². The highest BCUT2D eigenvalue weighted by Crippen LogP contribution is 2.36. The van der Waals surface area contributed by atoms with Crippen molar-refractivity contribution in [3.8, 4) is 0 Å². The van der Waals surface area contributed by atoms with E-state index in [-0.39, 0.29) is 5.60 Å². The summed E-state index contributed by atoms with van der Waals surface area (Å²) in [6.45, 7) is 4.91. The molecule has 1 aliphatic heterocycles. The molecular weight excluding hydrogens is 190 g/mol. The van der Waals surface area contributed by atoms with Gasteiger partial charge in [-0.05, 0) is 38.6 Å². The number of hydrogen-bond acceptors (Lipinski definition) is 3. The molecule has 15 heavy (non-hydrogen) atoms. The van der Waals surface area contributed by atoms with Crippen LogP contribution in [-0.2, 0) is 9.47 Å². The van der Waals surface area contributed by atoms with E-state index < -0.39 is 0 Å². The summed E-state index contributed by atoms with van der Waals surface area (Å²) in [5.74, 6) is 0.872. The second-order valence-corrected chi connectivity index (χ2v) is 5.17. The fourth-order valence-electron chi connectivity index (χ4n) is 2.58. The Morgan fingerprint density at radius 3 is 2.47 bits per heavy atom. The third-order valence-corrected chi connectivity index (χ3v) is 3.71. The van der Waals surface area contributed by atoms with Crippen molar-refractivity contribution in [2.75, 3.05) is 26.8 Å². The second-order valence-electron chi connectivity index (χ2n) is 5.17. The number of rotatable bonds is 4. The number of nitrogens with one attached hydrogen (secondary N) is 1. The zero-order chi connectivity index (χ0) is 10.7. The molecule has 1 heterocycles. The van der Waals surface area contributed by atoms with Crippen molar-refractivity contribution in [2.24, 2.45) is 5.92 Å². The van der Waals surface area contributed by atoms with Crippen LogP contribution >= 0.6 is 0 Å². The van der Waals surface area contributed by atoms with E-state index in [4.69, 9.17) is 9.47 Å². The van der Waals surface area contributed by atoms with Gasteiger partial charge in [-0.1, -0.05) is 6.92 Å². The maximum Gasteiger partial charge on any atom is 0.105 e. The van der Waals surface area contributed by atoms with Crippen molar-refractivity contribution in [3.63, 3.8) is 0 Å². The standard InChI is InChI=1S/C12H23NO2/c1-10-3-5-12(6-4-10,9-13-2)15-11-7-14-8-11/h10-11,13H,3-9H2,1-2H3. The highest BCUT2D eigenvalue weighted by molar-refractivity contribution is 4.90. The van der Waals surface area contributed by atoms with Crippen LogP contribution in [0.1, 0.15) is 32.6 Å². The molecule has 0 aromatic carbocycles. The van der Waals surface area contributed by atoms with Crippen LogP contribution in [-0.4, -0.2) is 38.5 Å². The molecule has 0 bridgehead atoms. The summed E-state index contributed by atoms with van der Waals surface area (Å²) in [6, 6.07) is 0. The molecule has 0 radical (unpaired) electrons. The lowest BCUT2D eigenvalue weighted by atomic mass is 9.79. The summed E-state index contributed by atoms with van der Waals surface area (Å²) in [5.41, 5.74) is 0.0930. The van der Waals surface area contributed by atoms with Crippen molar-refractivity contribution < 1.29 is 9.47 Å². The first-order valence-corrected chi connectivity index (χ1v) is 6.14. The summed E-state index contributed by atoms with van der Waals surface area (Å²) in [7, 11) is 2.01. The van der Waals surface area contributed by atoms with Gasteiger partial charge in [0.2, 0.25) is 0 Å². The molecule has 0 spiro atoms. The predicted molar refractivity (Wildman–Crippen MR) is 60.0 cm³/mol. The molecule has 2 aliphatic rings. The summed E-state index contributed by atoms with van der Waals surface area (Å²) < 4.78 is 11.4. The molecule has 0 aromatic rings. The van der Waals surface area contributed by atoms with Crippen molar-refractivity contribution >= 4 is 0 Å². The first-order valence-electron chi connectivity index (χ1n) is 6.14. The average molecular weight is 213 g/mol. The smallest absolute Gasteiger partial charge is 0.105 e. The van der Waals surface area contributed by atoms with E-state index in [1.54, 1.807) is 0 Å². The van der Waals surface area contributed by atoms with Gasteiger partial charge in [0.25, 0.3) is 0 Å². The molecule has 1 aliphatic carbocycles. The van der Waals surface area contributed by atoms with E-state index in [1.807, 2.05) is 7.05 Å². The van der Waals surface area contributed by atoms with Crippen molar-refractivity contribution in [1.29, 1.82) is 0 Å². The van der Waals surface area contributed by atoms with Crippen molar-refractivity contribution in [2.45, 2.75) is 44.3 Å². The lowest BCUT2D eigenvalue weighted by molar-refractivity contribution is -0.202. The predicted octanol–water partition coefficient (Wildman–Crippen LogP) is 1.57. The highest BCUT2D eigenvalue weighted by Gasteiger charge is 2.38. The van der Waals surface area contributed by atoms with E-state index in [0.29, 0.717) is 6.10 Å². The molecule has 1 saturated heterocycles. The number of ether oxygens (including phenoxy) is 2. The number of likely N-dealkylation sites (N-methyl/N-ethyl adjacent to an activating group) is 1. The Morgan fingerprint density at radius 1 is 1.33 bits per heavy atom. The molecule has 0 unspecified atom stereocenters. The Balaban J connectivity index is 1.90. The Kier molecular flexibility index (Phi) is 3.65. The molecule has 0 aromatic heterocycles. The van der Waals surface area contributed by atoms with Gasteiger partial charge in [0.1, 0.15) is 6.10 Å². The van der Waals surface area contributed by atoms with E-state index in [1.165, 1.54) is 25.7 Å². The van der Waals surface area contributed by atoms with Crippen molar-refractivity contribution in [1.82, 2.24) is 5.32 Å². The maximum absolute atomic E-state index is 6.22. The van der Waals surface area contributed by atoms with Gasteiger partial charge in [0.15, 0.2) is 0 Å². The van der Waals surface area contributed by atoms with Gasteiger partial charge in [-0.2, -0.15) is 0 Å². The van der Waals surface area contributed by atoms with Gasteiger partial charge in [-0.15, -0.1) is 0 Å². The molecular formula is C12H23NO2. The molecule has 88 valence electrons. The summed E-state index contributed by atoms with van der Waals surface area (Å²) in [6.07, 6.45) is 5.35. The van der Waals surface area contributed by atoms with Gasteiger partial charge in [0.05, 0.1) is 18.8 Å². The Bertz CT molecular complexity index is 196.